The molecule has 1 atom stereocenters. The van der Waals surface area contributed by atoms with E-state index in [0.717, 1.165) is 30.0 Å². The van der Waals surface area contributed by atoms with Gasteiger partial charge >= 0.3 is 6.03 Å². The summed E-state index contributed by atoms with van der Waals surface area (Å²) in [5.74, 6) is 0. The SMILES string of the molecule is CSc1cccc(NC(=O)N(CCC#N)CC2CCCO2)c1. The van der Waals surface area contributed by atoms with Crippen LogP contribution in [-0.4, -0.2) is 43.0 Å². The lowest BCUT2D eigenvalue weighted by Gasteiger charge is -2.25. The van der Waals surface area contributed by atoms with Crippen LogP contribution in [0.4, 0.5) is 10.5 Å². The first-order chi connectivity index (χ1) is 10.7. The Balaban J connectivity index is 1.98. The molecule has 1 saturated heterocycles. The summed E-state index contributed by atoms with van der Waals surface area (Å²) in [5.41, 5.74) is 0.770. The molecule has 1 N–H and O–H groups in total. The smallest absolute Gasteiger partial charge is 0.321 e. The second kappa shape index (κ2) is 8.66. The van der Waals surface area contributed by atoms with Crippen molar-refractivity contribution in [1.29, 1.82) is 5.26 Å². The van der Waals surface area contributed by atoms with Crippen LogP contribution in [0.25, 0.3) is 0 Å². The molecule has 0 aromatic heterocycles. The molecule has 2 rings (SSSR count). The van der Waals surface area contributed by atoms with Crippen molar-refractivity contribution in [2.75, 3.05) is 31.3 Å². The minimum atomic E-state index is -0.177. The van der Waals surface area contributed by atoms with Crippen LogP contribution in [0, 0.1) is 11.3 Å². The van der Waals surface area contributed by atoms with Crippen molar-refractivity contribution in [2.24, 2.45) is 0 Å². The van der Waals surface area contributed by atoms with E-state index < -0.39 is 0 Å². The molecule has 1 heterocycles. The van der Waals surface area contributed by atoms with Crippen LogP contribution in [0.2, 0.25) is 0 Å². The van der Waals surface area contributed by atoms with E-state index in [-0.39, 0.29) is 12.1 Å². The van der Waals surface area contributed by atoms with Gasteiger partial charge in [0.2, 0.25) is 0 Å². The molecule has 118 valence electrons. The molecule has 1 unspecified atom stereocenters. The molecule has 22 heavy (non-hydrogen) atoms. The average molecular weight is 319 g/mol. The van der Waals surface area contributed by atoms with Crippen molar-refractivity contribution in [3.05, 3.63) is 24.3 Å². The summed E-state index contributed by atoms with van der Waals surface area (Å²) in [4.78, 5) is 15.2. The number of ether oxygens (including phenoxy) is 1. The van der Waals surface area contributed by atoms with Gasteiger partial charge in [0.15, 0.2) is 0 Å². The molecule has 0 aliphatic carbocycles. The number of carbonyl (C=O) groups is 1. The Morgan fingerprint density at radius 3 is 3.14 bits per heavy atom. The molecule has 0 saturated carbocycles. The number of nitrogens with zero attached hydrogens (tertiary/aromatic N) is 2. The van der Waals surface area contributed by atoms with Gasteiger partial charge in [-0.2, -0.15) is 5.26 Å². The number of carbonyl (C=O) groups excluding carboxylic acids is 1. The quantitative estimate of drug-likeness (QED) is 0.817. The zero-order valence-electron chi connectivity index (χ0n) is 12.7. The highest BCUT2D eigenvalue weighted by Crippen LogP contribution is 2.20. The molecule has 2 amide bonds. The largest absolute Gasteiger partial charge is 0.376 e. The lowest BCUT2D eigenvalue weighted by molar-refractivity contribution is 0.0841. The van der Waals surface area contributed by atoms with Crippen LogP contribution < -0.4 is 5.32 Å². The van der Waals surface area contributed by atoms with Gasteiger partial charge < -0.3 is 15.0 Å². The van der Waals surface area contributed by atoms with Gasteiger partial charge in [-0.15, -0.1) is 11.8 Å². The first kappa shape index (κ1) is 16.7. The second-order valence-electron chi connectivity index (χ2n) is 5.15. The monoisotopic (exact) mass is 319 g/mol. The van der Waals surface area contributed by atoms with Crippen LogP contribution in [0.15, 0.2) is 29.2 Å². The summed E-state index contributed by atoms with van der Waals surface area (Å²) in [5, 5.41) is 11.7. The minimum absolute atomic E-state index is 0.0852. The van der Waals surface area contributed by atoms with Gasteiger partial charge in [-0.3, -0.25) is 0 Å². The number of anilines is 1. The lowest BCUT2D eigenvalue weighted by Crippen LogP contribution is -2.40. The fourth-order valence-electron chi connectivity index (χ4n) is 2.40. The number of rotatable bonds is 6. The van der Waals surface area contributed by atoms with Crippen molar-refractivity contribution < 1.29 is 9.53 Å². The van der Waals surface area contributed by atoms with Crippen molar-refractivity contribution in [3.63, 3.8) is 0 Å². The van der Waals surface area contributed by atoms with Crippen molar-refractivity contribution in [3.8, 4) is 6.07 Å². The van der Waals surface area contributed by atoms with Gasteiger partial charge in [-0.25, -0.2) is 4.79 Å². The Labute approximate surface area is 135 Å². The maximum atomic E-state index is 12.4. The molecule has 1 aliphatic heterocycles. The number of thioether (sulfide) groups is 1. The standard InChI is InChI=1S/C16H21N3O2S/c1-22-15-7-2-5-13(11-15)18-16(20)19(9-4-8-17)12-14-6-3-10-21-14/h2,5,7,11,14H,3-4,6,9-10,12H2,1H3,(H,18,20). The summed E-state index contributed by atoms with van der Waals surface area (Å²) in [7, 11) is 0. The summed E-state index contributed by atoms with van der Waals surface area (Å²) >= 11 is 1.63. The Bertz CT molecular complexity index is 538. The zero-order chi connectivity index (χ0) is 15.8. The van der Waals surface area contributed by atoms with E-state index >= 15 is 0 Å². The third-order valence-corrected chi connectivity index (χ3v) is 4.28. The number of nitrogens with one attached hydrogen (secondary N) is 1. The first-order valence-electron chi connectivity index (χ1n) is 7.41. The molecule has 0 bridgehead atoms. The summed E-state index contributed by atoms with van der Waals surface area (Å²) in [6.45, 7) is 1.72. The second-order valence-corrected chi connectivity index (χ2v) is 6.03. The van der Waals surface area contributed by atoms with E-state index in [1.54, 1.807) is 16.7 Å². The van der Waals surface area contributed by atoms with E-state index in [1.165, 1.54) is 0 Å². The maximum absolute atomic E-state index is 12.4. The molecule has 0 spiro atoms. The molecular formula is C16H21N3O2S. The number of nitriles is 1. The molecule has 1 fully saturated rings. The summed E-state index contributed by atoms with van der Waals surface area (Å²) in [6.07, 6.45) is 4.41. The van der Waals surface area contributed by atoms with Crippen LogP contribution in [0.5, 0.6) is 0 Å². The number of hydrogen-bond donors (Lipinski definition) is 1. The number of hydrogen-bond acceptors (Lipinski definition) is 4. The number of amides is 2. The zero-order valence-corrected chi connectivity index (χ0v) is 13.6. The first-order valence-corrected chi connectivity index (χ1v) is 8.64. The van der Waals surface area contributed by atoms with Gasteiger partial charge in [-0.1, -0.05) is 6.07 Å². The normalized spacial score (nSPS) is 17.0. The highest BCUT2D eigenvalue weighted by molar-refractivity contribution is 7.98. The van der Waals surface area contributed by atoms with Crippen LogP contribution >= 0.6 is 11.8 Å². The fraction of sp³-hybridized carbons (Fsp3) is 0.500. The molecular weight excluding hydrogens is 298 g/mol. The highest BCUT2D eigenvalue weighted by Gasteiger charge is 2.22. The predicted octanol–water partition coefficient (Wildman–Crippen LogP) is 3.34. The Kier molecular flexibility index (Phi) is 6.56. The maximum Gasteiger partial charge on any atom is 0.321 e. The molecule has 1 aromatic carbocycles. The van der Waals surface area contributed by atoms with Crippen LogP contribution in [0.3, 0.4) is 0 Å². The van der Waals surface area contributed by atoms with Crippen molar-refractivity contribution in [1.82, 2.24) is 4.90 Å². The van der Waals surface area contributed by atoms with Crippen LogP contribution in [0.1, 0.15) is 19.3 Å². The Morgan fingerprint density at radius 2 is 2.45 bits per heavy atom. The molecule has 1 aromatic rings. The van der Waals surface area contributed by atoms with E-state index in [1.807, 2.05) is 30.5 Å². The minimum Gasteiger partial charge on any atom is -0.376 e. The topological polar surface area (TPSA) is 65.4 Å². The predicted molar refractivity (Wildman–Crippen MR) is 88.0 cm³/mol. The third kappa shape index (κ3) is 4.93. The van der Waals surface area contributed by atoms with Crippen molar-refractivity contribution >= 4 is 23.5 Å². The Hall–Kier alpha value is -1.71. The van der Waals surface area contributed by atoms with E-state index in [0.29, 0.717) is 19.5 Å². The fourth-order valence-corrected chi connectivity index (χ4v) is 2.86. The number of benzene rings is 1. The van der Waals surface area contributed by atoms with Gasteiger partial charge in [0.25, 0.3) is 0 Å². The third-order valence-electron chi connectivity index (χ3n) is 3.55. The highest BCUT2D eigenvalue weighted by atomic mass is 32.2. The molecule has 0 radical (unpaired) electrons. The van der Waals surface area contributed by atoms with Crippen molar-refractivity contribution in [2.45, 2.75) is 30.3 Å². The van der Waals surface area contributed by atoms with E-state index in [4.69, 9.17) is 10.00 Å². The van der Waals surface area contributed by atoms with Gasteiger partial charge in [0.05, 0.1) is 18.6 Å². The molecule has 6 heteroatoms. The number of urea groups is 1. The average Bonchev–Trinajstić information content (AvgIpc) is 3.04. The summed E-state index contributed by atoms with van der Waals surface area (Å²) < 4.78 is 5.59. The van der Waals surface area contributed by atoms with Gasteiger partial charge in [-0.05, 0) is 37.3 Å². The van der Waals surface area contributed by atoms with Gasteiger partial charge in [0.1, 0.15) is 0 Å². The molecule has 5 nitrogen and oxygen atoms in total. The molecule has 1 aliphatic rings. The van der Waals surface area contributed by atoms with E-state index in [9.17, 15) is 4.79 Å². The Morgan fingerprint density at radius 1 is 1.59 bits per heavy atom. The van der Waals surface area contributed by atoms with E-state index in [2.05, 4.69) is 11.4 Å². The van der Waals surface area contributed by atoms with Crippen LogP contribution in [-0.2, 0) is 4.74 Å². The lowest BCUT2D eigenvalue weighted by atomic mass is 10.2. The van der Waals surface area contributed by atoms with Gasteiger partial charge in [0, 0.05) is 30.3 Å². The summed E-state index contributed by atoms with van der Waals surface area (Å²) in [6, 6.07) is 9.64.